The summed E-state index contributed by atoms with van der Waals surface area (Å²) in [7, 11) is 0. The van der Waals surface area contributed by atoms with Crippen LogP contribution in [0.25, 0.3) is 0 Å². The first-order valence-corrected chi connectivity index (χ1v) is 5.30. The van der Waals surface area contributed by atoms with Crippen LogP contribution in [-0.2, 0) is 9.53 Å². The van der Waals surface area contributed by atoms with Crippen LogP contribution < -0.4 is 0 Å². The Bertz CT molecular complexity index is 277. The van der Waals surface area contributed by atoms with Crippen molar-refractivity contribution in [3.8, 4) is 0 Å². The predicted octanol–water partition coefficient (Wildman–Crippen LogP) is 1.82. The standard InChI is InChI=1S/C12H18O3/c1-3-15-11(13)8-7-10-6-4-5-9-12(10,2)14/h4-6,9-10,14H,3,7-8H2,1-2H3. The molecule has 3 heteroatoms. The van der Waals surface area contributed by atoms with Crippen molar-refractivity contribution in [3.05, 3.63) is 24.3 Å². The lowest BCUT2D eigenvalue weighted by Gasteiger charge is -2.29. The van der Waals surface area contributed by atoms with Crippen LogP contribution in [0, 0.1) is 5.92 Å². The lowest BCUT2D eigenvalue weighted by molar-refractivity contribution is -0.143. The number of carbonyl (C=O) groups excluding carboxylic acids is 1. The van der Waals surface area contributed by atoms with Crippen LogP contribution in [0.2, 0.25) is 0 Å². The van der Waals surface area contributed by atoms with Crippen LogP contribution in [0.3, 0.4) is 0 Å². The summed E-state index contributed by atoms with van der Waals surface area (Å²) in [6.45, 7) is 3.95. The molecule has 3 nitrogen and oxygen atoms in total. The van der Waals surface area contributed by atoms with Gasteiger partial charge in [-0.3, -0.25) is 4.79 Å². The first kappa shape index (κ1) is 12.0. The van der Waals surface area contributed by atoms with Crippen LogP contribution in [0.4, 0.5) is 0 Å². The second-order valence-corrected chi connectivity index (χ2v) is 3.92. The van der Waals surface area contributed by atoms with E-state index >= 15 is 0 Å². The van der Waals surface area contributed by atoms with Crippen LogP contribution in [0.15, 0.2) is 24.3 Å². The first-order chi connectivity index (χ1) is 7.06. The molecule has 1 aliphatic carbocycles. The van der Waals surface area contributed by atoms with Gasteiger partial charge in [0.2, 0.25) is 0 Å². The third-order valence-corrected chi connectivity index (χ3v) is 2.60. The van der Waals surface area contributed by atoms with Gasteiger partial charge in [-0.15, -0.1) is 0 Å². The maximum absolute atomic E-state index is 11.2. The molecule has 2 atom stereocenters. The van der Waals surface area contributed by atoms with E-state index in [0.29, 0.717) is 19.4 Å². The Kier molecular flexibility index (Phi) is 4.09. The van der Waals surface area contributed by atoms with Crippen LogP contribution in [0.1, 0.15) is 26.7 Å². The van der Waals surface area contributed by atoms with Crippen molar-refractivity contribution >= 4 is 5.97 Å². The highest BCUT2D eigenvalue weighted by Gasteiger charge is 2.28. The molecule has 0 aromatic heterocycles. The maximum atomic E-state index is 11.2. The van der Waals surface area contributed by atoms with Gasteiger partial charge in [0, 0.05) is 12.3 Å². The van der Waals surface area contributed by atoms with Crippen molar-refractivity contribution in [2.45, 2.75) is 32.3 Å². The maximum Gasteiger partial charge on any atom is 0.305 e. The fraction of sp³-hybridized carbons (Fsp3) is 0.583. The molecule has 1 N–H and O–H groups in total. The van der Waals surface area contributed by atoms with Gasteiger partial charge in [0.25, 0.3) is 0 Å². The molecule has 0 aromatic rings. The predicted molar refractivity (Wildman–Crippen MR) is 58.3 cm³/mol. The number of allylic oxidation sites excluding steroid dienone is 2. The summed E-state index contributed by atoms with van der Waals surface area (Å²) >= 11 is 0. The van der Waals surface area contributed by atoms with Gasteiger partial charge >= 0.3 is 5.97 Å². The van der Waals surface area contributed by atoms with Crippen LogP contribution >= 0.6 is 0 Å². The Labute approximate surface area is 90.4 Å². The third kappa shape index (κ3) is 3.51. The number of hydrogen-bond donors (Lipinski definition) is 1. The van der Waals surface area contributed by atoms with Gasteiger partial charge in [0.15, 0.2) is 0 Å². The van der Waals surface area contributed by atoms with Crippen molar-refractivity contribution < 1.29 is 14.6 Å². The minimum absolute atomic E-state index is 0.00749. The molecule has 0 spiro atoms. The summed E-state index contributed by atoms with van der Waals surface area (Å²) in [6, 6.07) is 0. The van der Waals surface area contributed by atoms with E-state index in [0.717, 1.165) is 0 Å². The lowest BCUT2D eigenvalue weighted by Crippen LogP contribution is -2.32. The zero-order valence-corrected chi connectivity index (χ0v) is 9.27. The van der Waals surface area contributed by atoms with Gasteiger partial charge in [0.05, 0.1) is 12.2 Å². The number of hydrogen-bond acceptors (Lipinski definition) is 3. The molecule has 0 heterocycles. The quantitative estimate of drug-likeness (QED) is 0.720. The van der Waals surface area contributed by atoms with Gasteiger partial charge in [0.1, 0.15) is 0 Å². The highest BCUT2D eigenvalue weighted by atomic mass is 16.5. The van der Waals surface area contributed by atoms with E-state index in [1.165, 1.54) is 0 Å². The Morgan fingerprint density at radius 1 is 1.53 bits per heavy atom. The molecule has 0 bridgehead atoms. The number of rotatable bonds is 4. The molecule has 0 saturated carbocycles. The summed E-state index contributed by atoms with van der Waals surface area (Å²) in [5, 5.41) is 9.99. The van der Waals surface area contributed by atoms with E-state index < -0.39 is 5.60 Å². The fourth-order valence-electron chi connectivity index (χ4n) is 1.66. The smallest absolute Gasteiger partial charge is 0.305 e. The van der Waals surface area contributed by atoms with Gasteiger partial charge in [-0.2, -0.15) is 0 Å². The molecule has 1 rings (SSSR count). The van der Waals surface area contributed by atoms with Crippen molar-refractivity contribution in [3.63, 3.8) is 0 Å². The van der Waals surface area contributed by atoms with E-state index in [2.05, 4.69) is 0 Å². The molecule has 1 aliphatic rings. The molecule has 0 amide bonds. The highest BCUT2D eigenvalue weighted by Crippen LogP contribution is 2.27. The number of carbonyl (C=O) groups is 1. The zero-order valence-electron chi connectivity index (χ0n) is 9.27. The Hall–Kier alpha value is -1.09. The largest absolute Gasteiger partial charge is 0.466 e. The van der Waals surface area contributed by atoms with E-state index in [1.54, 1.807) is 19.9 Å². The molecule has 0 radical (unpaired) electrons. The second kappa shape index (κ2) is 5.12. The first-order valence-electron chi connectivity index (χ1n) is 5.30. The third-order valence-electron chi connectivity index (χ3n) is 2.60. The topological polar surface area (TPSA) is 46.5 Å². The summed E-state index contributed by atoms with van der Waals surface area (Å²) in [5.74, 6) is -0.205. The average Bonchev–Trinajstić information content (AvgIpc) is 2.16. The Morgan fingerprint density at radius 3 is 2.87 bits per heavy atom. The van der Waals surface area contributed by atoms with E-state index in [1.807, 2.05) is 18.2 Å². The molecule has 15 heavy (non-hydrogen) atoms. The van der Waals surface area contributed by atoms with Crippen molar-refractivity contribution in [2.24, 2.45) is 5.92 Å². The van der Waals surface area contributed by atoms with E-state index in [4.69, 9.17) is 4.74 Å². The van der Waals surface area contributed by atoms with Gasteiger partial charge in [-0.05, 0) is 20.3 Å². The molecule has 2 unspecified atom stereocenters. The summed E-state index contributed by atoms with van der Waals surface area (Å²) in [4.78, 5) is 11.2. The Balaban J connectivity index is 2.42. The molecular weight excluding hydrogens is 192 g/mol. The number of esters is 1. The molecule has 0 fully saturated rings. The molecule has 0 aliphatic heterocycles. The highest BCUT2D eigenvalue weighted by molar-refractivity contribution is 5.69. The second-order valence-electron chi connectivity index (χ2n) is 3.92. The van der Waals surface area contributed by atoms with Crippen LogP contribution in [0.5, 0.6) is 0 Å². The number of ether oxygens (including phenoxy) is 1. The van der Waals surface area contributed by atoms with Crippen molar-refractivity contribution in [2.75, 3.05) is 6.61 Å². The summed E-state index contributed by atoms with van der Waals surface area (Å²) in [5.41, 5.74) is -0.846. The SMILES string of the molecule is CCOC(=O)CCC1C=CC=CC1(C)O. The molecule has 84 valence electrons. The van der Waals surface area contributed by atoms with E-state index in [-0.39, 0.29) is 11.9 Å². The number of aliphatic hydroxyl groups is 1. The Morgan fingerprint density at radius 2 is 2.27 bits per heavy atom. The monoisotopic (exact) mass is 210 g/mol. The molecule has 0 aromatic carbocycles. The zero-order chi connectivity index (χ0) is 11.3. The minimum Gasteiger partial charge on any atom is -0.466 e. The average molecular weight is 210 g/mol. The molecular formula is C12H18O3. The van der Waals surface area contributed by atoms with Crippen molar-refractivity contribution in [1.29, 1.82) is 0 Å². The van der Waals surface area contributed by atoms with E-state index in [9.17, 15) is 9.90 Å². The van der Waals surface area contributed by atoms with Crippen LogP contribution in [-0.4, -0.2) is 23.3 Å². The summed E-state index contributed by atoms with van der Waals surface area (Å²) < 4.78 is 4.84. The van der Waals surface area contributed by atoms with Gasteiger partial charge in [-0.25, -0.2) is 0 Å². The summed E-state index contributed by atoms with van der Waals surface area (Å²) in [6.07, 6.45) is 8.37. The van der Waals surface area contributed by atoms with Gasteiger partial charge in [-0.1, -0.05) is 24.3 Å². The molecule has 0 saturated heterocycles. The van der Waals surface area contributed by atoms with Gasteiger partial charge < -0.3 is 9.84 Å². The minimum atomic E-state index is -0.846. The normalized spacial score (nSPS) is 29.1. The lowest BCUT2D eigenvalue weighted by atomic mass is 9.82. The van der Waals surface area contributed by atoms with Crippen molar-refractivity contribution in [1.82, 2.24) is 0 Å². The fourth-order valence-corrected chi connectivity index (χ4v) is 1.66.